The molecule has 0 spiro atoms. The average molecular weight is 298 g/mol. The van der Waals surface area contributed by atoms with Crippen LogP contribution in [0.5, 0.6) is 0 Å². The maximum atomic E-state index is 6.06. The number of ether oxygens (including phenoxy) is 1. The van der Waals surface area contributed by atoms with Gasteiger partial charge >= 0.3 is 0 Å². The molecule has 1 fully saturated rings. The smallest absolute Gasteiger partial charge is 0.128 e. The van der Waals surface area contributed by atoms with Crippen molar-refractivity contribution in [2.75, 3.05) is 18.9 Å². The lowest BCUT2D eigenvalue weighted by Gasteiger charge is -2.28. The van der Waals surface area contributed by atoms with E-state index in [1.54, 1.807) is 6.20 Å². The number of nitrogen functional groups attached to an aromatic ring is 1. The monoisotopic (exact) mass is 297 g/mol. The van der Waals surface area contributed by atoms with Gasteiger partial charge in [-0.2, -0.15) is 0 Å². The predicted molar refractivity (Wildman–Crippen MR) is 82.9 cm³/mol. The summed E-state index contributed by atoms with van der Waals surface area (Å²) in [6, 6.07) is 2.07. The summed E-state index contributed by atoms with van der Waals surface area (Å²) in [5.74, 6) is 0.554. The molecule has 0 aromatic carbocycles. The Morgan fingerprint density at radius 2 is 2.40 bits per heavy atom. The van der Waals surface area contributed by atoms with Crippen LogP contribution in [0.4, 0.5) is 5.82 Å². The zero-order chi connectivity index (χ0) is 14.4. The van der Waals surface area contributed by atoms with Gasteiger partial charge in [0.2, 0.25) is 0 Å². The highest BCUT2D eigenvalue weighted by Gasteiger charge is 2.22. The molecule has 1 saturated heterocycles. The molecule has 1 aromatic heterocycles. The average Bonchev–Trinajstić information content (AvgIpc) is 2.47. The highest BCUT2D eigenvalue weighted by atomic mass is 35.5. The van der Waals surface area contributed by atoms with Gasteiger partial charge in [-0.05, 0) is 44.7 Å². The third-order valence-electron chi connectivity index (χ3n) is 3.70. The second-order valence-electron chi connectivity index (χ2n) is 5.36. The summed E-state index contributed by atoms with van der Waals surface area (Å²) in [7, 11) is 0. The Balaban J connectivity index is 2.10. The summed E-state index contributed by atoms with van der Waals surface area (Å²) in [4.78, 5) is 4.17. The number of nitrogens with two attached hydrogens (primary N) is 1. The van der Waals surface area contributed by atoms with Crippen LogP contribution in [0.2, 0.25) is 5.02 Å². The molecule has 1 aliphatic rings. The largest absolute Gasteiger partial charge is 0.383 e. The molecular formula is C15H24ClN3O. The van der Waals surface area contributed by atoms with Crippen LogP contribution in [0, 0.1) is 0 Å². The van der Waals surface area contributed by atoms with E-state index in [0.717, 1.165) is 38.0 Å². The van der Waals surface area contributed by atoms with Crippen LogP contribution in [0.15, 0.2) is 12.3 Å². The molecule has 0 aliphatic carbocycles. The summed E-state index contributed by atoms with van der Waals surface area (Å²) in [5, 5.41) is 4.17. The van der Waals surface area contributed by atoms with Crippen molar-refractivity contribution < 1.29 is 4.74 Å². The van der Waals surface area contributed by atoms with E-state index in [9.17, 15) is 0 Å². The molecule has 1 aromatic rings. The van der Waals surface area contributed by atoms with Crippen LogP contribution in [0.25, 0.3) is 0 Å². The Bertz CT molecular complexity index is 422. The van der Waals surface area contributed by atoms with Crippen molar-refractivity contribution >= 4 is 17.4 Å². The number of anilines is 1. The van der Waals surface area contributed by atoms with Gasteiger partial charge in [-0.25, -0.2) is 4.98 Å². The van der Waals surface area contributed by atoms with E-state index < -0.39 is 0 Å². The number of rotatable bonds is 6. The van der Waals surface area contributed by atoms with Gasteiger partial charge in [0, 0.05) is 24.4 Å². The zero-order valence-corrected chi connectivity index (χ0v) is 12.8. The first-order valence-corrected chi connectivity index (χ1v) is 7.84. The van der Waals surface area contributed by atoms with E-state index in [2.05, 4.69) is 17.2 Å². The lowest BCUT2D eigenvalue weighted by Crippen LogP contribution is -2.30. The first-order valence-electron chi connectivity index (χ1n) is 7.46. The van der Waals surface area contributed by atoms with Crippen LogP contribution in [0.1, 0.15) is 50.6 Å². The van der Waals surface area contributed by atoms with E-state index in [4.69, 9.17) is 22.1 Å². The van der Waals surface area contributed by atoms with Crippen molar-refractivity contribution in [3.8, 4) is 0 Å². The fourth-order valence-corrected chi connectivity index (χ4v) is 2.81. The molecule has 5 heteroatoms. The summed E-state index contributed by atoms with van der Waals surface area (Å²) in [6.45, 7) is 3.97. The van der Waals surface area contributed by atoms with Crippen molar-refractivity contribution in [2.24, 2.45) is 0 Å². The van der Waals surface area contributed by atoms with E-state index >= 15 is 0 Å². The number of nitrogens with one attached hydrogen (secondary N) is 1. The highest BCUT2D eigenvalue weighted by molar-refractivity contribution is 6.30. The number of hydrogen-bond acceptors (Lipinski definition) is 4. The SMILES string of the molecule is CCCNC(CC1CCCCO1)c1cc(Cl)cnc1N. The van der Waals surface area contributed by atoms with Crippen molar-refractivity contribution in [1.82, 2.24) is 10.3 Å². The van der Waals surface area contributed by atoms with Gasteiger partial charge in [-0.1, -0.05) is 18.5 Å². The molecule has 0 amide bonds. The predicted octanol–water partition coefficient (Wildman–Crippen LogP) is 3.32. The summed E-state index contributed by atoms with van der Waals surface area (Å²) in [6.07, 6.45) is 7.43. The van der Waals surface area contributed by atoms with Crippen molar-refractivity contribution in [3.05, 3.63) is 22.8 Å². The molecule has 0 saturated carbocycles. The quantitative estimate of drug-likeness (QED) is 0.845. The maximum Gasteiger partial charge on any atom is 0.128 e. The number of halogens is 1. The number of hydrogen-bond donors (Lipinski definition) is 2. The maximum absolute atomic E-state index is 6.06. The molecule has 2 unspecified atom stereocenters. The second-order valence-corrected chi connectivity index (χ2v) is 5.80. The van der Waals surface area contributed by atoms with E-state index in [1.807, 2.05) is 6.07 Å². The summed E-state index contributed by atoms with van der Waals surface area (Å²) < 4.78 is 5.85. The Labute approximate surface area is 126 Å². The molecule has 2 rings (SSSR count). The Morgan fingerprint density at radius 1 is 1.55 bits per heavy atom. The van der Waals surface area contributed by atoms with Gasteiger partial charge in [0.25, 0.3) is 0 Å². The number of aromatic nitrogens is 1. The molecule has 112 valence electrons. The molecule has 3 N–H and O–H groups in total. The van der Waals surface area contributed by atoms with Gasteiger partial charge in [-0.3, -0.25) is 0 Å². The van der Waals surface area contributed by atoms with E-state index in [-0.39, 0.29) is 6.04 Å². The summed E-state index contributed by atoms with van der Waals surface area (Å²) in [5.41, 5.74) is 7.00. The third-order valence-corrected chi connectivity index (χ3v) is 3.91. The minimum Gasteiger partial charge on any atom is -0.383 e. The van der Waals surface area contributed by atoms with Gasteiger partial charge in [0.15, 0.2) is 0 Å². The minimum absolute atomic E-state index is 0.157. The molecule has 1 aliphatic heterocycles. The van der Waals surface area contributed by atoms with Crippen molar-refractivity contribution in [1.29, 1.82) is 0 Å². The van der Waals surface area contributed by atoms with E-state index in [0.29, 0.717) is 16.9 Å². The van der Waals surface area contributed by atoms with Crippen molar-refractivity contribution in [2.45, 2.75) is 51.2 Å². The normalized spacial score (nSPS) is 20.8. The highest BCUT2D eigenvalue weighted by Crippen LogP contribution is 2.29. The first kappa shape index (κ1) is 15.5. The van der Waals surface area contributed by atoms with E-state index in [1.165, 1.54) is 12.8 Å². The molecule has 20 heavy (non-hydrogen) atoms. The van der Waals surface area contributed by atoms with Crippen LogP contribution in [-0.4, -0.2) is 24.2 Å². The van der Waals surface area contributed by atoms with Gasteiger partial charge in [0.1, 0.15) is 5.82 Å². The zero-order valence-electron chi connectivity index (χ0n) is 12.1. The van der Waals surface area contributed by atoms with Crippen molar-refractivity contribution in [3.63, 3.8) is 0 Å². The molecule has 2 heterocycles. The number of pyridine rings is 1. The molecular weight excluding hydrogens is 274 g/mol. The lowest BCUT2D eigenvalue weighted by atomic mass is 9.97. The van der Waals surface area contributed by atoms with Gasteiger partial charge in [-0.15, -0.1) is 0 Å². The standard InChI is InChI=1S/C15H24ClN3O/c1-2-6-18-14(9-12-5-3-4-7-20-12)13-8-11(16)10-19-15(13)17/h8,10,12,14,18H,2-7,9H2,1H3,(H2,17,19). The third kappa shape index (κ3) is 4.33. The molecule has 0 radical (unpaired) electrons. The van der Waals surface area contributed by atoms with Crippen LogP contribution >= 0.6 is 11.6 Å². The Hall–Kier alpha value is -0.840. The van der Waals surface area contributed by atoms with Crippen LogP contribution in [0.3, 0.4) is 0 Å². The Kier molecular flexibility index (Phi) is 6.07. The molecule has 4 nitrogen and oxygen atoms in total. The van der Waals surface area contributed by atoms with Crippen LogP contribution < -0.4 is 11.1 Å². The first-order chi connectivity index (χ1) is 9.70. The van der Waals surface area contributed by atoms with Crippen LogP contribution in [-0.2, 0) is 4.74 Å². The Morgan fingerprint density at radius 3 is 3.10 bits per heavy atom. The molecule has 0 bridgehead atoms. The lowest BCUT2D eigenvalue weighted by molar-refractivity contribution is 0.00508. The van der Waals surface area contributed by atoms with Gasteiger partial charge < -0.3 is 15.8 Å². The summed E-state index contributed by atoms with van der Waals surface area (Å²) >= 11 is 6.06. The minimum atomic E-state index is 0.157. The second kappa shape index (κ2) is 7.81. The topological polar surface area (TPSA) is 60.2 Å². The number of nitrogens with zero attached hydrogens (tertiary/aromatic N) is 1. The molecule has 2 atom stereocenters. The van der Waals surface area contributed by atoms with Gasteiger partial charge in [0.05, 0.1) is 11.1 Å². The fourth-order valence-electron chi connectivity index (χ4n) is 2.64. The fraction of sp³-hybridized carbons (Fsp3) is 0.667.